The zero-order valence-electron chi connectivity index (χ0n) is 37.3. The second-order valence-electron chi connectivity index (χ2n) is 16.1. The predicted octanol–water partition coefficient (Wildman–Crippen LogP) is 14.2. The molecule has 9 nitrogen and oxygen atoms in total. The standard InChI is InChI=1S/C55H38F6O9S/c1-34-3-5-36(6-4-34)51(62)37-7-19-42(20-8-37)68-44-25-15-40(16-26-44)53(54(56,57)58,55(59,60)61)41-17-27-45(28-18-41)69-43-21-9-38(10-22-43)52(63)39-11-23-46(24-12-39)70-50-32-29-47(67-2)33-49(50)35-13-30-48(31-14-35)71(64,65)66/h3-33H,1-2H3,(H,64,65,66). The van der Waals surface area contributed by atoms with E-state index in [4.69, 9.17) is 18.9 Å². The Morgan fingerprint density at radius 1 is 0.451 bits per heavy atom. The lowest BCUT2D eigenvalue weighted by atomic mass is 9.73. The Morgan fingerprint density at radius 3 is 1.14 bits per heavy atom. The van der Waals surface area contributed by atoms with E-state index in [0.29, 0.717) is 63.8 Å². The van der Waals surface area contributed by atoms with Gasteiger partial charge in [-0.1, -0.05) is 66.2 Å². The average molecular weight is 989 g/mol. The van der Waals surface area contributed by atoms with Crippen molar-refractivity contribution < 1.29 is 67.8 Å². The molecule has 0 heterocycles. The van der Waals surface area contributed by atoms with E-state index in [0.717, 1.165) is 29.8 Å². The second-order valence-corrected chi connectivity index (χ2v) is 17.5. The van der Waals surface area contributed by atoms with Crippen LogP contribution in [-0.4, -0.2) is 44.0 Å². The third-order valence-electron chi connectivity index (χ3n) is 11.4. The fourth-order valence-electron chi connectivity index (χ4n) is 7.75. The number of aryl methyl sites for hydroxylation is 1. The summed E-state index contributed by atoms with van der Waals surface area (Å²) in [6.45, 7) is 1.89. The van der Waals surface area contributed by atoms with E-state index >= 15 is 0 Å². The summed E-state index contributed by atoms with van der Waals surface area (Å²) in [5.41, 5.74) is -3.22. The number of carbonyl (C=O) groups is 2. The lowest BCUT2D eigenvalue weighted by molar-refractivity contribution is -0.288. The first-order valence-corrected chi connectivity index (χ1v) is 22.8. The van der Waals surface area contributed by atoms with Crippen LogP contribution in [0.15, 0.2) is 193 Å². The Kier molecular flexibility index (Phi) is 13.6. The van der Waals surface area contributed by atoms with Crippen molar-refractivity contribution in [2.45, 2.75) is 29.6 Å². The average Bonchev–Trinajstić information content (AvgIpc) is 3.35. The van der Waals surface area contributed by atoms with Crippen molar-refractivity contribution in [2.24, 2.45) is 0 Å². The van der Waals surface area contributed by atoms with Gasteiger partial charge in [0, 0.05) is 27.8 Å². The summed E-state index contributed by atoms with van der Waals surface area (Å²) in [4.78, 5) is 26.0. The van der Waals surface area contributed by atoms with Crippen LogP contribution < -0.4 is 18.9 Å². The molecule has 0 unspecified atom stereocenters. The third kappa shape index (κ3) is 10.5. The number of ether oxygens (including phenoxy) is 4. The van der Waals surface area contributed by atoms with Crippen molar-refractivity contribution in [3.8, 4) is 51.4 Å². The number of benzene rings is 8. The highest BCUT2D eigenvalue weighted by Gasteiger charge is 2.72. The predicted molar refractivity (Wildman–Crippen MR) is 252 cm³/mol. The van der Waals surface area contributed by atoms with Crippen LogP contribution >= 0.6 is 0 Å². The number of ketones is 2. The van der Waals surface area contributed by atoms with Crippen molar-refractivity contribution in [2.75, 3.05) is 7.11 Å². The summed E-state index contributed by atoms with van der Waals surface area (Å²) in [5, 5.41) is 0. The van der Waals surface area contributed by atoms with Gasteiger partial charge in [0.2, 0.25) is 5.41 Å². The lowest BCUT2D eigenvalue weighted by Crippen LogP contribution is -2.54. The molecule has 0 bridgehead atoms. The van der Waals surface area contributed by atoms with Gasteiger partial charge in [0.05, 0.1) is 12.0 Å². The number of carbonyl (C=O) groups excluding carboxylic acids is 2. The summed E-state index contributed by atoms with van der Waals surface area (Å²) < 4.78 is 145. The highest BCUT2D eigenvalue weighted by Crippen LogP contribution is 2.56. The highest BCUT2D eigenvalue weighted by atomic mass is 32.2. The van der Waals surface area contributed by atoms with E-state index in [-0.39, 0.29) is 50.6 Å². The van der Waals surface area contributed by atoms with Gasteiger partial charge in [0.25, 0.3) is 10.1 Å². The van der Waals surface area contributed by atoms with Gasteiger partial charge in [-0.05, 0) is 151 Å². The summed E-state index contributed by atoms with van der Waals surface area (Å²) in [7, 11) is -2.93. The van der Waals surface area contributed by atoms with E-state index in [1.807, 2.05) is 6.92 Å². The molecule has 0 radical (unpaired) electrons. The molecule has 0 atom stereocenters. The first kappa shape index (κ1) is 49.2. The van der Waals surface area contributed by atoms with E-state index < -0.39 is 39.0 Å². The van der Waals surface area contributed by atoms with Gasteiger partial charge >= 0.3 is 12.4 Å². The molecule has 0 saturated carbocycles. The largest absolute Gasteiger partial charge is 0.497 e. The molecule has 0 aromatic heterocycles. The number of alkyl halides is 6. The van der Waals surface area contributed by atoms with Gasteiger partial charge in [0.1, 0.15) is 40.2 Å². The van der Waals surface area contributed by atoms with Crippen LogP contribution in [0.1, 0.15) is 48.5 Å². The maximum atomic E-state index is 15.0. The Morgan fingerprint density at radius 2 is 0.789 bits per heavy atom. The van der Waals surface area contributed by atoms with Gasteiger partial charge in [0.15, 0.2) is 11.6 Å². The minimum Gasteiger partial charge on any atom is -0.497 e. The number of halogens is 6. The summed E-state index contributed by atoms with van der Waals surface area (Å²) in [6, 6.07) is 42.2. The van der Waals surface area contributed by atoms with Gasteiger partial charge in [-0.2, -0.15) is 34.8 Å². The molecule has 0 fully saturated rings. The summed E-state index contributed by atoms with van der Waals surface area (Å²) in [6.07, 6.45) is -11.7. The van der Waals surface area contributed by atoms with Crippen LogP contribution in [-0.2, 0) is 15.5 Å². The zero-order chi connectivity index (χ0) is 50.7. The zero-order valence-corrected chi connectivity index (χ0v) is 38.1. The first-order chi connectivity index (χ1) is 33.7. The molecule has 0 saturated heterocycles. The summed E-state index contributed by atoms with van der Waals surface area (Å²) >= 11 is 0. The molecule has 71 heavy (non-hydrogen) atoms. The molecule has 8 aromatic carbocycles. The quantitative estimate of drug-likeness (QED) is 0.0607. The van der Waals surface area contributed by atoms with Gasteiger partial charge in [-0.25, -0.2) is 0 Å². The number of methoxy groups -OCH3 is 1. The van der Waals surface area contributed by atoms with Crippen LogP contribution in [0.3, 0.4) is 0 Å². The number of hydrogen-bond acceptors (Lipinski definition) is 8. The van der Waals surface area contributed by atoms with Gasteiger partial charge < -0.3 is 18.9 Å². The van der Waals surface area contributed by atoms with E-state index in [2.05, 4.69) is 0 Å². The van der Waals surface area contributed by atoms with Crippen molar-refractivity contribution in [3.63, 3.8) is 0 Å². The molecular weight excluding hydrogens is 951 g/mol. The first-order valence-electron chi connectivity index (χ1n) is 21.3. The normalized spacial score (nSPS) is 12.0. The fourth-order valence-corrected chi connectivity index (χ4v) is 8.23. The van der Waals surface area contributed by atoms with E-state index in [1.54, 1.807) is 54.6 Å². The Balaban J connectivity index is 0.937. The number of rotatable bonds is 15. The smallest absolute Gasteiger partial charge is 0.411 e. The minimum atomic E-state index is -5.85. The van der Waals surface area contributed by atoms with Crippen LogP contribution in [0.25, 0.3) is 11.1 Å². The molecular formula is C55H38F6O9S. The lowest BCUT2D eigenvalue weighted by Gasteiger charge is -2.38. The van der Waals surface area contributed by atoms with E-state index in [9.17, 15) is 48.9 Å². The maximum Gasteiger partial charge on any atom is 0.411 e. The molecule has 0 aliphatic heterocycles. The molecule has 0 amide bonds. The van der Waals surface area contributed by atoms with Gasteiger partial charge in [-0.3, -0.25) is 14.1 Å². The molecule has 0 aliphatic rings. The maximum absolute atomic E-state index is 15.0. The van der Waals surface area contributed by atoms with Crippen LogP contribution in [0, 0.1) is 6.92 Å². The van der Waals surface area contributed by atoms with Crippen LogP contribution in [0.5, 0.6) is 40.2 Å². The van der Waals surface area contributed by atoms with E-state index in [1.165, 1.54) is 92.0 Å². The molecule has 1 N–H and O–H groups in total. The van der Waals surface area contributed by atoms with Crippen molar-refractivity contribution >= 4 is 21.7 Å². The highest BCUT2D eigenvalue weighted by molar-refractivity contribution is 7.85. The Labute approximate surface area is 403 Å². The van der Waals surface area contributed by atoms with Crippen LogP contribution in [0.2, 0.25) is 0 Å². The molecule has 0 spiro atoms. The van der Waals surface area contributed by atoms with Crippen molar-refractivity contribution in [3.05, 3.63) is 227 Å². The van der Waals surface area contributed by atoms with Gasteiger partial charge in [-0.15, -0.1) is 0 Å². The minimum absolute atomic E-state index is 0.0434. The molecule has 8 aromatic rings. The van der Waals surface area contributed by atoms with Crippen LogP contribution in [0.4, 0.5) is 26.3 Å². The SMILES string of the molecule is COc1ccc(Oc2ccc(C(=O)c3ccc(Oc4ccc(C(c5ccc(Oc6ccc(C(=O)c7ccc(C)cc7)cc6)cc5)(C(F)(F)F)C(F)(F)F)cc4)cc3)cc2)c(-c2ccc(S(=O)(=O)O)cc2)c1. The topological polar surface area (TPSA) is 125 Å². The Bertz CT molecular complexity index is 3290. The van der Waals surface area contributed by atoms with Crippen molar-refractivity contribution in [1.82, 2.24) is 0 Å². The second kappa shape index (κ2) is 19.7. The molecule has 360 valence electrons. The van der Waals surface area contributed by atoms with Crippen molar-refractivity contribution in [1.29, 1.82) is 0 Å². The third-order valence-corrected chi connectivity index (χ3v) is 12.3. The molecule has 8 rings (SSSR count). The fraction of sp³-hybridized carbons (Fsp3) is 0.0909. The molecule has 16 heteroatoms. The monoisotopic (exact) mass is 988 g/mol. The Hall–Kier alpha value is -8.21. The summed E-state index contributed by atoms with van der Waals surface area (Å²) in [5.74, 6) is 0.820. The molecule has 0 aliphatic carbocycles. The number of hydrogen-bond donors (Lipinski definition) is 1.